The number of hydrogen-bond acceptors (Lipinski definition) is 3. The predicted octanol–water partition coefficient (Wildman–Crippen LogP) is 3.19. The minimum absolute atomic E-state index is 0.0316. The second-order valence-electron chi connectivity index (χ2n) is 7.05. The summed E-state index contributed by atoms with van der Waals surface area (Å²) in [6.45, 7) is 3.57. The lowest BCUT2D eigenvalue weighted by Gasteiger charge is -2.24. The van der Waals surface area contributed by atoms with Crippen molar-refractivity contribution in [2.45, 2.75) is 57.2 Å². The summed E-state index contributed by atoms with van der Waals surface area (Å²) >= 11 is 0. The molecule has 24 heavy (non-hydrogen) atoms. The standard InChI is InChI=1S/C20H32N2O2/c1-4-19(24-18-12-8-9-13-18)20(23)21-14-17(15-22(2)3)16-10-6-5-7-11-16/h5-7,10-11,17-19H,4,8-9,12-15H2,1-3H3,(H,21,23)/t17-,19+/m0/s1. The quantitative estimate of drug-likeness (QED) is 0.755. The molecule has 1 aromatic carbocycles. The van der Waals surface area contributed by atoms with Gasteiger partial charge in [-0.05, 0) is 38.9 Å². The number of ether oxygens (including phenoxy) is 1. The lowest BCUT2D eigenvalue weighted by molar-refractivity contribution is -0.136. The van der Waals surface area contributed by atoms with Crippen LogP contribution in [0.3, 0.4) is 0 Å². The number of nitrogens with one attached hydrogen (secondary N) is 1. The van der Waals surface area contributed by atoms with E-state index >= 15 is 0 Å². The Morgan fingerprint density at radius 1 is 1.25 bits per heavy atom. The van der Waals surface area contributed by atoms with Gasteiger partial charge in [0, 0.05) is 19.0 Å². The summed E-state index contributed by atoms with van der Waals surface area (Å²) in [6, 6.07) is 10.4. The zero-order chi connectivity index (χ0) is 17.4. The van der Waals surface area contributed by atoms with Gasteiger partial charge in [0.25, 0.3) is 0 Å². The number of likely N-dealkylation sites (N-methyl/N-ethyl adjacent to an activating group) is 1. The molecule has 1 aliphatic rings. The van der Waals surface area contributed by atoms with Crippen LogP contribution in [0.4, 0.5) is 0 Å². The third-order valence-corrected chi connectivity index (χ3v) is 4.70. The molecule has 2 atom stereocenters. The molecule has 2 rings (SSSR count). The Morgan fingerprint density at radius 3 is 2.50 bits per heavy atom. The monoisotopic (exact) mass is 332 g/mol. The number of benzene rings is 1. The van der Waals surface area contributed by atoms with Crippen molar-refractivity contribution in [3.05, 3.63) is 35.9 Å². The number of hydrogen-bond donors (Lipinski definition) is 1. The van der Waals surface area contributed by atoms with Gasteiger partial charge in [-0.3, -0.25) is 4.79 Å². The van der Waals surface area contributed by atoms with E-state index in [4.69, 9.17) is 4.74 Å². The van der Waals surface area contributed by atoms with Crippen molar-refractivity contribution in [1.29, 1.82) is 0 Å². The molecule has 1 amide bonds. The summed E-state index contributed by atoms with van der Waals surface area (Å²) in [4.78, 5) is 14.7. The Hall–Kier alpha value is -1.39. The summed E-state index contributed by atoms with van der Waals surface area (Å²) in [7, 11) is 4.13. The Bertz CT molecular complexity index is 484. The first kappa shape index (κ1) is 18.9. The SMILES string of the molecule is CC[C@@H](OC1CCCC1)C(=O)NC[C@@H](CN(C)C)c1ccccc1. The zero-order valence-electron chi connectivity index (χ0n) is 15.3. The molecule has 0 unspecified atom stereocenters. The normalized spacial score (nSPS) is 17.8. The van der Waals surface area contributed by atoms with Gasteiger partial charge in [0.15, 0.2) is 0 Å². The first-order valence-electron chi connectivity index (χ1n) is 9.23. The highest BCUT2D eigenvalue weighted by molar-refractivity contribution is 5.80. The summed E-state index contributed by atoms with van der Waals surface area (Å²) in [6.07, 6.45) is 5.32. The minimum Gasteiger partial charge on any atom is -0.365 e. The minimum atomic E-state index is -0.316. The maximum absolute atomic E-state index is 12.5. The van der Waals surface area contributed by atoms with Crippen LogP contribution in [-0.2, 0) is 9.53 Å². The van der Waals surface area contributed by atoms with E-state index in [2.05, 4.69) is 48.6 Å². The molecule has 4 nitrogen and oxygen atoms in total. The average Bonchev–Trinajstić information content (AvgIpc) is 3.09. The summed E-state index contributed by atoms with van der Waals surface area (Å²) in [5.74, 6) is 0.318. The highest BCUT2D eigenvalue weighted by Gasteiger charge is 2.25. The summed E-state index contributed by atoms with van der Waals surface area (Å²) < 4.78 is 6.02. The van der Waals surface area contributed by atoms with E-state index < -0.39 is 0 Å². The van der Waals surface area contributed by atoms with Crippen molar-refractivity contribution in [3.8, 4) is 0 Å². The number of rotatable bonds is 9. The van der Waals surface area contributed by atoms with Crippen LogP contribution in [0.1, 0.15) is 50.5 Å². The molecule has 1 aliphatic carbocycles. The molecule has 1 fully saturated rings. The first-order valence-corrected chi connectivity index (χ1v) is 9.23. The van der Waals surface area contributed by atoms with E-state index in [9.17, 15) is 4.79 Å². The molecule has 0 radical (unpaired) electrons. The van der Waals surface area contributed by atoms with E-state index in [1.165, 1.54) is 18.4 Å². The van der Waals surface area contributed by atoms with Crippen molar-refractivity contribution in [1.82, 2.24) is 10.2 Å². The van der Waals surface area contributed by atoms with E-state index in [0.717, 1.165) is 25.8 Å². The second-order valence-corrected chi connectivity index (χ2v) is 7.05. The van der Waals surface area contributed by atoms with Gasteiger partial charge in [-0.15, -0.1) is 0 Å². The molecule has 0 aromatic heterocycles. The molecule has 1 N–H and O–H groups in total. The smallest absolute Gasteiger partial charge is 0.249 e. The molecule has 1 aromatic rings. The van der Waals surface area contributed by atoms with Gasteiger partial charge in [-0.2, -0.15) is 0 Å². The number of carbonyl (C=O) groups excluding carboxylic acids is 1. The number of amides is 1. The Labute approximate surface area is 146 Å². The van der Waals surface area contributed by atoms with Gasteiger partial charge >= 0.3 is 0 Å². The lowest BCUT2D eigenvalue weighted by Crippen LogP contribution is -2.41. The molecule has 0 bridgehead atoms. The van der Waals surface area contributed by atoms with Crippen LogP contribution in [0, 0.1) is 0 Å². The van der Waals surface area contributed by atoms with Crippen molar-refractivity contribution in [3.63, 3.8) is 0 Å². The largest absolute Gasteiger partial charge is 0.365 e. The van der Waals surface area contributed by atoms with Gasteiger partial charge in [0.1, 0.15) is 6.10 Å². The van der Waals surface area contributed by atoms with E-state index in [1.807, 2.05) is 13.0 Å². The van der Waals surface area contributed by atoms with Crippen molar-refractivity contribution >= 4 is 5.91 Å². The van der Waals surface area contributed by atoms with Crippen LogP contribution in [-0.4, -0.2) is 50.2 Å². The summed E-state index contributed by atoms with van der Waals surface area (Å²) in [5, 5.41) is 3.12. The number of nitrogens with zero attached hydrogens (tertiary/aromatic N) is 1. The molecular weight excluding hydrogens is 300 g/mol. The predicted molar refractivity (Wildman–Crippen MR) is 98.2 cm³/mol. The molecule has 0 saturated heterocycles. The van der Waals surface area contributed by atoms with E-state index in [0.29, 0.717) is 6.54 Å². The van der Waals surface area contributed by atoms with Crippen LogP contribution < -0.4 is 5.32 Å². The molecular formula is C20H32N2O2. The van der Waals surface area contributed by atoms with Crippen molar-refractivity contribution in [2.24, 2.45) is 0 Å². The third-order valence-electron chi connectivity index (χ3n) is 4.70. The van der Waals surface area contributed by atoms with E-state index in [1.54, 1.807) is 0 Å². The van der Waals surface area contributed by atoms with Crippen LogP contribution in [0.5, 0.6) is 0 Å². The van der Waals surface area contributed by atoms with Crippen molar-refractivity contribution in [2.75, 3.05) is 27.2 Å². The number of carbonyl (C=O) groups is 1. The highest BCUT2D eigenvalue weighted by Crippen LogP contribution is 2.23. The van der Waals surface area contributed by atoms with Gasteiger partial charge in [0.05, 0.1) is 6.10 Å². The van der Waals surface area contributed by atoms with Crippen LogP contribution >= 0.6 is 0 Å². The fourth-order valence-corrected chi connectivity index (χ4v) is 3.39. The maximum atomic E-state index is 12.5. The first-order chi connectivity index (χ1) is 11.6. The van der Waals surface area contributed by atoms with Crippen LogP contribution in [0.25, 0.3) is 0 Å². The Kier molecular flexibility index (Phi) is 7.73. The van der Waals surface area contributed by atoms with Gasteiger partial charge in [-0.25, -0.2) is 0 Å². The molecule has 1 saturated carbocycles. The average molecular weight is 332 g/mol. The lowest BCUT2D eigenvalue weighted by atomic mass is 9.98. The molecule has 134 valence electrons. The fraction of sp³-hybridized carbons (Fsp3) is 0.650. The fourth-order valence-electron chi connectivity index (χ4n) is 3.39. The third kappa shape index (κ3) is 5.91. The Morgan fingerprint density at radius 2 is 1.92 bits per heavy atom. The molecule has 4 heteroatoms. The zero-order valence-corrected chi connectivity index (χ0v) is 15.3. The molecule has 0 aliphatic heterocycles. The topological polar surface area (TPSA) is 41.6 Å². The van der Waals surface area contributed by atoms with Gasteiger partial charge in [0.2, 0.25) is 5.91 Å². The summed E-state index contributed by atoms with van der Waals surface area (Å²) in [5.41, 5.74) is 1.26. The Balaban J connectivity index is 1.90. The molecule has 0 heterocycles. The molecule has 0 spiro atoms. The second kappa shape index (κ2) is 9.80. The van der Waals surface area contributed by atoms with E-state index in [-0.39, 0.29) is 24.0 Å². The van der Waals surface area contributed by atoms with Gasteiger partial charge < -0.3 is 15.0 Å². The maximum Gasteiger partial charge on any atom is 0.249 e. The van der Waals surface area contributed by atoms with Crippen molar-refractivity contribution < 1.29 is 9.53 Å². The van der Waals surface area contributed by atoms with Gasteiger partial charge in [-0.1, -0.05) is 50.1 Å². The van der Waals surface area contributed by atoms with Crippen LogP contribution in [0.2, 0.25) is 0 Å². The van der Waals surface area contributed by atoms with Crippen LogP contribution in [0.15, 0.2) is 30.3 Å². The highest BCUT2D eigenvalue weighted by atomic mass is 16.5.